The number of rotatable bonds is 33. The van der Waals surface area contributed by atoms with Gasteiger partial charge in [-0.2, -0.15) is 12.6 Å². The molecule has 30 heteroatoms. The second-order valence-corrected chi connectivity index (χ2v) is 17.3. The van der Waals surface area contributed by atoms with Gasteiger partial charge in [0.05, 0.1) is 12.5 Å². The van der Waals surface area contributed by atoms with Crippen molar-refractivity contribution in [3.05, 3.63) is 36.0 Å². The smallest absolute Gasteiger partial charge is 0.327 e. The van der Waals surface area contributed by atoms with Gasteiger partial charge in [-0.3, -0.25) is 58.1 Å². The number of aliphatic carboxylic acids is 2. The van der Waals surface area contributed by atoms with Crippen LogP contribution in [0.2, 0.25) is 0 Å². The molecule has 74 heavy (non-hydrogen) atoms. The Balaban J connectivity index is 2.46. The van der Waals surface area contributed by atoms with E-state index in [9.17, 15) is 72.9 Å². The largest absolute Gasteiger partial charge is 0.481 e. The number of aromatic nitrogens is 1. The molecule has 0 aliphatic heterocycles. The number of hydrogen-bond acceptors (Lipinski definition) is 15. The summed E-state index contributed by atoms with van der Waals surface area (Å²) in [5.74, 6) is -13.7. The number of carboxylic acid groups (broad SMARTS) is 2. The monoisotopic (exact) mass is 1060 g/mol. The number of thiol groups is 1. The molecule has 408 valence electrons. The number of primary amides is 2. The number of hydrogen-bond donors (Lipinski definition) is 18. The van der Waals surface area contributed by atoms with Crippen molar-refractivity contribution in [3.8, 4) is 0 Å². The van der Waals surface area contributed by atoms with E-state index in [0.717, 1.165) is 13.8 Å². The summed E-state index contributed by atoms with van der Waals surface area (Å²) in [6.45, 7) is 3.65. The van der Waals surface area contributed by atoms with Gasteiger partial charge in [-0.25, -0.2) is 4.79 Å². The highest BCUT2D eigenvalue weighted by atomic mass is 32.1. The van der Waals surface area contributed by atoms with Gasteiger partial charge in [-0.15, -0.1) is 0 Å². The van der Waals surface area contributed by atoms with Crippen LogP contribution in [-0.4, -0.2) is 164 Å². The van der Waals surface area contributed by atoms with Crippen LogP contribution in [0.3, 0.4) is 0 Å². The Hall–Kier alpha value is -8.02. The molecule has 0 saturated heterocycles. The average Bonchev–Trinajstić information content (AvgIpc) is 3.73. The van der Waals surface area contributed by atoms with Gasteiger partial charge in [0.25, 0.3) is 0 Å². The van der Waals surface area contributed by atoms with Crippen molar-refractivity contribution in [2.24, 2.45) is 17.2 Å². The number of benzene rings is 1. The fraction of sp³-hybridized carbons (Fsp3) is 0.523. The number of H-pyrrole nitrogens is 1. The number of aromatic amines is 1. The number of nitrogens with two attached hydrogens (primary N) is 3. The third-order valence-corrected chi connectivity index (χ3v) is 11.3. The van der Waals surface area contributed by atoms with Crippen LogP contribution < -0.4 is 65.1 Å². The Kier molecular flexibility index (Phi) is 25.8. The van der Waals surface area contributed by atoms with Gasteiger partial charge in [0.1, 0.15) is 48.3 Å². The third-order valence-electron chi connectivity index (χ3n) is 10.9. The zero-order chi connectivity index (χ0) is 55.8. The molecule has 0 bridgehead atoms. The number of fused-ring (bicyclic) bond motifs is 1. The highest BCUT2D eigenvalue weighted by Crippen LogP contribution is 2.20. The quantitative estimate of drug-likeness (QED) is 0.0137. The standard InChI is InChI=1S/C44H66N14O15S/c1-4-24(52-37(66)26(10-7-15-49-44(47)48)53-41(70)30(17-34(63)64)51-21(3)60)36(65)54-28(12-14-33(46)62)39(68)58-35(20(2)59)42(71)56-29(16-22-18-50-25-9-6-5-8-23(22)25)40(69)55-27(11-13-32(45)61)38(67)57-31(19-74)43(72)73/h5-6,8-9,18,20,24,26-31,35,50,59,74H,4,7,10-17,19H2,1-3H3,(H2,45,61)(H2,46,62)(H,51,60)(H,52,66)(H,53,70)(H,54,65)(H,55,69)(H,56,71)(H,57,67)(H,58,68)(H,63,64)(H,72,73)(H4,47,48,49)/t20-,24+,26+,27+,28+,29+,30+,31+,35+/m1/s1. The van der Waals surface area contributed by atoms with Crippen LogP contribution in [0.5, 0.6) is 0 Å². The maximum Gasteiger partial charge on any atom is 0.327 e. The topological polar surface area (TPSA) is 491 Å². The van der Waals surface area contributed by atoms with Gasteiger partial charge in [0.2, 0.25) is 59.1 Å². The molecule has 10 amide bonds. The maximum atomic E-state index is 14.1. The number of carbonyl (C=O) groups is 12. The van der Waals surface area contributed by atoms with Crippen LogP contribution in [-0.2, 0) is 64.0 Å². The molecule has 1 aromatic heterocycles. The lowest BCUT2D eigenvalue weighted by Crippen LogP contribution is -2.62. The lowest BCUT2D eigenvalue weighted by molar-refractivity contribution is -0.142. The van der Waals surface area contributed by atoms with Crippen molar-refractivity contribution in [2.45, 2.75) is 133 Å². The van der Waals surface area contributed by atoms with E-state index in [1.165, 1.54) is 6.92 Å². The molecule has 2 rings (SSSR count). The summed E-state index contributed by atoms with van der Waals surface area (Å²) in [6, 6.07) is -5.96. The van der Waals surface area contributed by atoms with Crippen molar-refractivity contribution in [1.82, 2.24) is 52.8 Å². The minimum Gasteiger partial charge on any atom is -0.481 e. The highest BCUT2D eigenvalue weighted by molar-refractivity contribution is 7.80. The van der Waals surface area contributed by atoms with Gasteiger partial charge in [-0.05, 0) is 50.7 Å². The Morgan fingerprint density at radius 1 is 0.649 bits per heavy atom. The summed E-state index contributed by atoms with van der Waals surface area (Å²) in [7, 11) is 0. The van der Waals surface area contributed by atoms with Gasteiger partial charge in [0.15, 0.2) is 5.96 Å². The van der Waals surface area contributed by atoms with E-state index in [0.29, 0.717) is 16.5 Å². The first-order chi connectivity index (χ1) is 34.8. The molecule has 0 saturated carbocycles. The number of nitrogens with one attached hydrogen (secondary N) is 11. The van der Waals surface area contributed by atoms with Crippen molar-refractivity contribution in [1.29, 1.82) is 5.41 Å². The number of aliphatic hydroxyl groups excluding tert-OH is 1. The molecule has 0 radical (unpaired) electrons. The van der Waals surface area contributed by atoms with E-state index < -0.39 is 164 Å². The van der Waals surface area contributed by atoms with Crippen LogP contribution in [0.25, 0.3) is 10.9 Å². The number of carboxylic acids is 2. The molecular formula is C44H66N14O15S. The summed E-state index contributed by atoms with van der Waals surface area (Å²) in [5.41, 5.74) is 17.1. The SMILES string of the molecule is CC[C@H](NC(=O)[C@H](CCCNC(=N)N)NC(=O)[C@H](CC(=O)O)NC(C)=O)C(=O)N[C@@H](CCC(N)=O)C(=O)N[C@H](C(=O)N[C@@H](Cc1c[nH]c2ccccc12)C(=O)N[C@@H](CCC(N)=O)C(=O)N[C@@H](CS)C(=O)O)[C@@H](C)O. The molecular weight excluding hydrogens is 997 g/mol. The van der Waals surface area contributed by atoms with Gasteiger partial charge < -0.3 is 85.4 Å². The molecule has 29 nitrogen and oxygen atoms in total. The van der Waals surface area contributed by atoms with Crippen molar-refractivity contribution >= 4 is 101 Å². The molecule has 20 N–H and O–H groups in total. The Bertz CT molecular complexity index is 2370. The first kappa shape index (κ1) is 62.1. The number of para-hydroxylation sites is 1. The van der Waals surface area contributed by atoms with Crippen LogP contribution >= 0.6 is 12.6 Å². The molecule has 0 spiro atoms. The molecule has 0 aliphatic rings. The van der Waals surface area contributed by atoms with E-state index in [1.807, 2.05) is 0 Å². The number of amides is 10. The summed E-state index contributed by atoms with van der Waals surface area (Å²) in [4.78, 5) is 158. The predicted octanol–water partition coefficient (Wildman–Crippen LogP) is -5.32. The van der Waals surface area contributed by atoms with Crippen LogP contribution in [0.15, 0.2) is 30.5 Å². The molecule has 1 heterocycles. The molecule has 0 unspecified atom stereocenters. The van der Waals surface area contributed by atoms with Gasteiger partial charge in [0, 0.05) is 55.6 Å². The van der Waals surface area contributed by atoms with Crippen LogP contribution in [0, 0.1) is 5.41 Å². The Labute approximate surface area is 429 Å². The van der Waals surface area contributed by atoms with Crippen LogP contribution in [0.1, 0.15) is 77.7 Å². The van der Waals surface area contributed by atoms with Crippen molar-refractivity contribution in [2.75, 3.05) is 12.3 Å². The summed E-state index contributed by atoms with van der Waals surface area (Å²) >= 11 is 3.93. The highest BCUT2D eigenvalue weighted by Gasteiger charge is 2.36. The summed E-state index contributed by atoms with van der Waals surface area (Å²) in [5, 5.41) is 58.9. The molecule has 2 aromatic rings. The first-order valence-electron chi connectivity index (χ1n) is 23.1. The summed E-state index contributed by atoms with van der Waals surface area (Å²) in [6.07, 6.45) is -3.41. The molecule has 0 fully saturated rings. The first-order valence-corrected chi connectivity index (χ1v) is 23.7. The summed E-state index contributed by atoms with van der Waals surface area (Å²) < 4.78 is 0. The molecule has 1 aromatic carbocycles. The lowest BCUT2D eigenvalue weighted by atomic mass is 10.0. The maximum absolute atomic E-state index is 14.1. The van der Waals surface area contributed by atoms with E-state index >= 15 is 0 Å². The second kappa shape index (κ2) is 30.8. The zero-order valence-corrected chi connectivity index (χ0v) is 41.7. The normalized spacial score (nSPS) is 14.6. The predicted molar refractivity (Wildman–Crippen MR) is 265 cm³/mol. The lowest BCUT2D eigenvalue weighted by Gasteiger charge is -2.28. The Morgan fingerprint density at radius 3 is 1.61 bits per heavy atom. The zero-order valence-electron chi connectivity index (χ0n) is 40.8. The average molecular weight is 1060 g/mol. The number of aliphatic hydroxyl groups is 1. The van der Waals surface area contributed by atoms with E-state index in [-0.39, 0.29) is 38.0 Å². The third kappa shape index (κ3) is 21.4. The number of guanidine groups is 1. The fourth-order valence-corrected chi connectivity index (χ4v) is 7.34. The van der Waals surface area contributed by atoms with Crippen LogP contribution in [0.4, 0.5) is 0 Å². The van der Waals surface area contributed by atoms with Gasteiger partial charge >= 0.3 is 11.9 Å². The fourth-order valence-electron chi connectivity index (χ4n) is 7.09. The molecule has 0 aliphatic carbocycles. The minimum atomic E-state index is -1.90. The van der Waals surface area contributed by atoms with E-state index in [4.69, 9.17) is 22.6 Å². The van der Waals surface area contributed by atoms with E-state index in [1.54, 1.807) is 30.5 Å². The second-order valence-electron chi connectivity index (χ2n) is 16.9. The Morgan fingerprint density at radius 2 is 1.12 bits per heavy atom. The number of carbonyl (C=O) groups excluding carboxylic acids is 10. The molecule has 9 atom stereocenters. The van der Waals surface area contributed by atoms with Crippen molar-refractivity contribution < 1.29 is 72.9 Å². The van der Waals surface area contributed by atoms with E-state index in [2.05, 4.69) is 65.5 Å². The van der Waals surface area contributed by atoms with Gasteiger partial charge in [-0.1, -0.05) is 25.1 Å². The van der Waals surface area contributed by atoms with Crippen molar-refractivity contribution in [3.63, 3.8) is 0 Å². The minimum absolute atomic E-state index is 0.0438.